The van der Waals surface area contributed by atoms with E-state index in [2.05, 4.69) is 0 Å². The van der Waals surface area contributed by atoms with E-state index in [1.54, 1.807) is 5.32 Å². The molecule has 0 bridgehead atoms. The number of imide groups is 1. The Morgan fingerprint density at radius 1 is 1.50 bits per heavy atom. The molecule has 56 valence electrons. The highest BCUT2D eigenvalue weighted by Crippen LogP contribution is 2.06. The van der Waals surface area contributed by atoms with Crippen LogP contribution in [0.3, 0.4) is 0 Å². The summed E-state index contributed by atoms with van der Waals surface area (Å²) < 4.78 is 23.4. The number of amides is 3. The molecule has 0 aromatic rings. The number of halogens is 2. The van der Waals surface area contributed by atoms with Crippen molar-refractivity contribution in [3.63, 3.8) is 0 Å². The van der Waals surface area contributed by atoms with Crippen LogP contribution in [-0.4, -0.2) is 29.9 Å². The zero-order valence-corrected chi connectivity index (χ0v) is 4.80. The SMILES string of the molecule is O=C1CN(C(F)F)C(=O)N1. The molecule has 0 atom stereocenters. The van der Waals surface area contributed by atoms with Gasteiger partial charge in [-0.25, -0.2) is 4.79 Å². The van der Waals surface area contributed by atoms with Crippen LogP contribution in [-0.2, 0) is 4.79 Å². The maximum absolute atomic E-state index is 11.7. The number of rotatable bonds is 1. The van der Waals surface area contributed by atoms with Gasteiger partial charge in [-0.2, -0.15) is 8.78 Å². The highest BCUT2D eigenvalue weighted by atomic mass is 19.3. The summed E-state index contributed by atoms with van der Waals surface area (Å²) in [6.07, 6.45) is 0. The van der Waals surface area contributed by atoms with Crippen LogP contribution in [0.25, 0.3) is 0 Å². The van der Waals surface area contributed by atoms with Gasteiger partial charge in [0.1, 0.15) is 6.54 Å². The van der Waals surface area contributed by atoms with Crippen LogP contribution in [0.5, 0.6) is 0 Å². The number of carbonyl (C=O) groups excluding carboxylic acids is 2. The third-order valence-electron chi connectivity index (χ3n) is 1.06. The maximum Gasteiger partial charge on any atom is 0.328 e. The lowest BCUT2D eigenvalue weighted by Gasteiger charge is -2.09. The van der Waals surface area contributed by atoms with E-state index in [9.17, 15) is 18.4 Å². The smallest absolute Gasteiger partial charge is 0.276 e. The molecule has 0 aromatic heterocycles. The van der Waals surface area contributed by atoms with Crippen molar-refractivity contribution in [2.75, 3.05) is 6.54 Å². The molecular weight excluding hydrogens is 146 g/mol. The molecule has 1 N–H and O–H groups in total. The molecule has 0 spiro atoms. The zero-order chi connectivity index (χ0) is 7.72. The zero-order valence-electron chi connectivity index (χ0n) is 4.80. The summed E-state index contributed by atoms with van der Waals surface area (Å²) in [6.45, 7) is -3.44. The lowest BCUT2D eigenvalue weighted by molar-refractivity contribution is -0.119. The Labute approximate surface area is 54.8 Å². The Kier molecular flexibility index (Phi) is 1.52. The summed E-state index contributed by atoms with van der Waals surface area (Å²) in [5, 5.41) is 1.72. The van der Waals surface area contributed by atoms with E-state index >= 15 is 0 Å². The molecule has 3 amide bonds. The van der Waals surface area contributed by atoms with Crippen LogP contribution in [0.4, 0.5) is 13.6 Å². The molecule has 1 fully saturated rings. The standard InChI is InChI=1S/C4H4F2N2O2/c5-3(6)8-1-2(9)7-4(8)10/h3H,1H2,(H,7,9,10). The molecule has 0 aromatic carbocycles. The monoisotopic (exact) mass is 150 g/mol. The van der Waals surface area contributed by atoms with Crippen molar-refractivity contribution in [3.05, 3.63) is 0 Å². The average Bonchev–Trinajstić information content (AvgIpc) is 2.10. The van der Waals surface area contributed by atoms with Gasteiger partial charge >= 0.3 is 12.6 Å². The van der Waals surface area contributed by atoms with Gasteiger partial charge in [-0.3, -0.25) is 15.0 Å². The van der Waals surface area contributed by atoms with Crippen molar-refractivity contribution in [2.24, 2.45) is 0 Å². The first-order chi connectivity index (χ1) is 4.61. The Bertz CT molecular complexity index is 182. The van der Waals surface area contributed by atoms with Gasteiger partial charge in [0, 0.05) is 0 Å². The van der Waals surface area contributed by atoms with Gasteiger partial charge in [0.15, 0.2) is 0 Å². The molecule has 1 saturated heterocycles. The molecule has 4 nitrogen and oxygen atoms in total. The van der Waals surface area contributed by atoms with Crippen LogP contribution in [0.15, 0.2) is 0 Å². The van der Waals surface area contributed by atoms with Crippen LogP contribution < -0.4 is 5.32 Å². The highest BCUT2D eigenvalue weighted by Gasteiger charge is 2.32. The van der Waals surface area contributed by atoms with Crippen LogP contribution >= 0.6 is 0 Å². The molecule has 0 aliphatic carbocycles. The molecule has 10 heavy (non-hydrogen) atoms. The van der Waals surface area contributed by atoms with Crippen molar-refractivity contribution in [3.8, 4) is 0 Å². The number of nitrogens with one attached hydrogen (secondary N) is 1. The molecule has 1 heterocycles. The van der Waals surface area contributed by atoms with E-state index in [4.69, 9.17) is 0 Å². The van der Waals surface area contributed by atoms with Crippen LogP contribution in [0.1, 0.15) is 0 Å². The van der Waals surface area contributed by atoms with Crippen molar-refractivity contribution in [1.82, 2.24) is 10.2 Å². The summed E-state index contributed by atoms with van der Waals surface area (Å²) in [7, 11) is 0. The fraction of sp³-hybridized carbons (Fsp3) is 0.500. The highest BCUT2D eigenvalue weighted by molar-refractivity contribution is 6.01. The fourth-order valence-corrected chi connectivity index (χ4v) is 0.615. The Morgan fingerprint density at radius 2 is 2.10 bits per heavy atom. The van der Waals surface area contributed by atoms with Gasteiger partial charge in [-0.05, 0) is 0 Å². The van der Waals surface area contributed by atoms with E-state index in [0.29, 0.717) is 0 Å². The van der Waals surface area contributed by atoms with Crippen molar-refractivity contribution in [2.45, 2.75) is 6.55 Å². The molecule has 0 radical (unpaired) electrons. The summed E-state index contributed by atoms with van der Waals surface area (Å²) in [4.78, 5) is 20.8. The van der Waals surface area contributed by atoms with Gasteiger partial charge < -0.3 is 0 Å². The minimum Gasteiger partial charge on any atom is -0.276 e. The topological polar surface area (TPSA) is 49.4 Å². The summed E-state index contributed by atoms with van der Waals surface area (Å²) in [5.74, 6) is -0.690. The summed E-state index contributed by atoms with van der Waals surface area (Å²) >= 11 is 0. The number of carbonyl (C=O) groups is 2. The van der Waals surface area contributed by atoms with Gasteiger partial charge in [0.05, 0.1) is 0 Å². The number of urea groups is 1. The minimum absolute atomic E-state index is 0.155. The number of hydrogen-bond acceptors (Lipinski definition) is 2. The van der Waals surface area contributed by atoms with E-state index in [-0.39, 0.29) is 4.90 Å². The molecule has 1 aliphatic rings. The molecule has 0 saturated carbocycles. The van der Waals surface area contributed by atoms with E-state index < -0.39 is 25.0 Å². The van der Waals surface area contributed by atoms with Gasteiger partial charge in [0.25, 0.3) is 0 Å². The maximum atomic E-state index is 11.7. The number of alkyl halides is 2. The third kappa shape index (κ3) is 1.04. The van der Waals surface area contributed by atoms with Crippen molar-refractivity contribution < 1.29 is 18.4 Å². The number of nitrogens with zero attached hydrogens (tertiary/aromatic N) is 1. The first-order valence-corrected chi connectivity index (χ1v) is 2.50. The van der Waals surface area contributed by atoms with E-state index in [0.717, 1.165) is 0 Å². The lowest BCUT2D eigenvalue weighted by Crippen LogP contribution is -2.32. The van der Waals surface area contributed by atoms with Crippen LogP contribution in [0.2, 0.25) is 0 Å². The fourth-order valence-electron chi connectivity index (χ4n) is 0.615. The quantitative estimate of drug-likeness (QED) is 0.414. The predicted octanol–water partition coefficient (Wildman–Crippen LogP) is -0.239. The Balaban J connectivity index is 2.63. The first kappa shape index (κ1) is 6.91. The van der Waals surface area contributed by atoms with Gasteiger partial charge in [-0.15, -0.1) is 0 Å². The lowest BCUT2D eigenvalue weighted by atomic mass is 10.6. The second-order valence-corrected chi connectivity index (χ2v) is 1.76. The predicted molar refractivity (Wildman–Crippen MR) is 26.2 cm³/mol. The third-order valence-corrected chi connectivity index (χ3v) is 1.06. The van der Waals surface area contributed by atoms with Crippen LogP contribution in [0, 0.1) is 0 Å². The van der Waals surface area contributed by atoms with E-state index in [1.807, 2.05) is 0 Å². The van der Waals surface area contributed by atoms with E-state index in [1.165, 1.54) is 0 Å². The minimum atomic E-state index is -2.90. The molecule has 1 aliphatic heterocycles. The Hall–Kier alpha value is -1.20. The summed E-state index contributed by atoms with van der Waals surface area (Å²) in [5.41, 5.74) is 0. The molecular formula is C4H4F2N2O2. The second-order valence-electron chi connectivity index (χ2n) is 1.76. The van der Waals surface area contributed by atoms with Gasteiger partial charge in [-0.1, -0.05) is 0 Å². The average molecular weight is 150 g/mol. The largest absolute Gasteiger partial charge is 0.328 e. The second kappa shape index (κ2) is 2.20. The van der Waals surface area contributed by atoms with Crippen molar-refractivity contribution in [1.29, 1.82) is 0 Å². The molecule has 6 heteroatoms. The van der Waals surface area contributed by atoms with Crippen molar-refractivity contribution >= 4 is 11.9 Å². The number of hydrogen-bond donors (Lipinski definition) is 1. The normalized spacial score (nSPS) is 18.5. The molecule has 1 rings (SSSR count). The van der Waals surface area contributed by atoms with Gasteiger partial charge in [0.2, 0.25) is 5.91 Å². The first-order valence-electron chi connectivity index (χ1n) is 2.50. The summed E-state index contributed by atoms with van der Waals surface area (Å²) in [6, 6.07) is -1.03. The molecule has 0 unspecified atom stereocenters. The Morgan fingerprint density at radius 3 is 2.30 bits per heavy atom.